The zero-order chi connectivity index (χ0) is 19.5. The number of allylic oxidation sites excluding steroid dienone is 4. The van der Waals surface area contributed by atoms with E-state index in [1.165, 1.54) is 11.3 Å². The van der Waals surface area contributed by atoms with E-state index in [2.05, 4.69) is 34.3 Å². The molecule has 140 valence electrons. The second-order valence-electron chi connectivity index (χ2n) is 7.13. The molecule has 1 aliphatic carbocycles. The number of para-hydroxylation sites is 1. The van der Waals surface area contributed by atoms with Gasteiger partial charge in [0.25, 0.3) is 0 Å². The lowest BCUT2D eigenvalue weighted by molar-refractivity contribution is -0.109. The van der Waals surface area contributed by atoms with Crippen LogP contribution in [0.3, 0.4) is 0 Å². The lowest BCUT2D eigenvalue weighted by Gasteiger charge is -2.15. The fourth-order valence-corrected chi connectivity index (χ4v) is 3.50. The quantitative estimate of drug-likeness (QED) is 0.673. The summed E-state index contributed by atoms with van der Waals surface area (Å²) in [4.78, 5) is 14.9. The Morgan fingerprint density at radius 2 is 1.75 bits per heavy atom. The van der Waals surface area contributed by atoms with Gasteiger partial charge in [-0.3, -0.25) is 4.79 Å². The highest BCUT2D eigenvalue weighted by molar-refractivity contribution is 6.26. The Kier molecular flexibility index (Phi) is 4.94. The summed E-state index contributed by atoms with van der Waals surface area (Å²) >= 11 is 0. The largest absolute Gasteiger partial charge is 0.378 e. The van der Waals surface area contributed by atoms with Gasteiger partial charge >= 0.3 is 0 Å². The number of rotatable bonds is 4. The molecule has 0 fully saturated rings. The Labute approximate surface area is 165 Å². The van der Waals surface area contributed by atoms with Crippen molar-refractivity contribution in [3.05, 3.63) is 96.3 Å². The normalized spacial score (nSPS) is 16.6. The number of hydrogen-bond acceptors (Lipinski definition) is 3. The van der Waals surface area contributed by atoms with Gasteiger partial charge in [0.15, 0.2) is 5.78 Å². The maximum absolute atomic E-state index is 12.8. The molecule has 0 bridgehead atoms. The molecule has 4 heteroatoms. The number of benzene rings is 2. The van der Waals surface area contributed by atoms with E-state index in [1.807, 2.05) is 67.3 Å². The van der Waals surface area contributed by atoms with Crippen molar-refractivity contribution >= 4 is 17.0 Å². The molecule has 0 amide bonds. The molecule has 3 aromatic rings. The van der Waals surface area contributed by atoms with Crippen LogP contribution >= 0.6 is 0 Å². The van der Waals surface area contributed by atoms with Crippen LogP contribution in [0.25, 0.3) is 11.3 Å². The molecular weight excluding hydrogens is 346 g/mol. The van der Waals surface area contributed by atoms with Crippen LogP contribution in [0.4, 0.5) is 5.69 Å². The van der Waals surface area contributed by atoms with Crippen LogP contribution in [0.15, 0.2) is 85.1 Å². The third-order valence-corrected chi connectivity index (χ3v) is 5.08. The topological polar surface area (TPSA) is 38.1 Å². The van der Waals surface area contributed by atoms with Gasteiger partial charge in [0, 0.05) is 31.3 Å². The summed E-state index contributed by atoms with van der Waals surface area (Å²) < 4.78 is 1.82. The predicted molar refractivity (Wildman–Crippen MR) is 114 cm³/mol. The van der Waals surface area contributed by atoms with E-state index in [1.54, 1.807) is 12.3 Å². The summed E-state index contributed by atoms with van der Waals surface area (Å²) in [6.07, 6.45) is 8.27. The fraction of sp³-hybridized carbons (Fsp3) is 0.167. The molecule has 1 aliphatic rings. The first-order valence-corrected chi connectivity index (χ1v) is 9.43. The molecule has 0 aliphatic heterocycles. The van der Waals surface area contributed by atoms with Gasteiger partial charge in [0.2, 0.25) is 0 Å². The van der Waals surface area contributed by atoms with Gasteiger partial charge in [-0.25, -0.2) is 4.68 Å². The number of nitrogens with zero attached hydrogens (tertiary/aromatic N) is 3. The van der Waals surface area contributed by atoms with Crippen LogP contribution in [0.2, 0.25) is 0 Å². The molecule has 4 rings (SSSR count). The van der Waals surface area contributed by atoms with Crippen molar-refractivity contribution in [2.45, 2.75) is 12.3 Å². The Morgan fingerprint density at radius 1 is 1.00 bits per heavy atom. The first kappa shape index (κ1) is 18.0. The first-order chi connectivity index (χ1) is 13.6. The highest BCUT2D eigenvalue weighted by Crippen LogP contribution is 2.30. The number of aromatic nitrogens is 2. The Bertz CT molecular complexity index is 1030. The molecule has 0 N–H and O–H groups in total. The maximum Gasteiger partial charge on any atom is 0.187 e. The number of anilines is 1. The lowest BCUT2D eigenvalue weighted by atomic mass is 9.95. The smallest absolute Gasteiger partial charge is 0.187 e. The Morgan fingerprint density at radius 3 is 2.46 bits per heavy atom. The highest BCUT2D eigenvalue weighted by Gasteiger charge is 2.19. The molecule has 0 radical (unpaired) electrons. The monoisotopic (exact) mass is 369 g/mol. The third-order valence-electron chi connectivity index (χ3n) is 5.08. The van der Waals surface area contributed by atoms with Crippen molar-refractivity contribution in [2.24, 2.45) is 0 Å². The van der Waals surface area contributed by atoms with Gasteiger partial charge in [-0.1, -0.05) is 42.5 Å². The summed E-state index contributed by atoms with van der Waals surface area (Å²) in [6, 6.07) is 20.3. The molecule has 0 spiro atoms. The minimum absolute atomic E-state index is 0.0186. The molecule has 0 saturated carbocycles. The number of ketones is 1. The van der Waals surface area contributed by atoms with E-state index in [0.717, 1.165) is 17.8 Å². The van der Waals surface area contributed by atoms with Crippen molar-refractivity contribution in [1.29, 1.82) is 0 Å². The van der Waals surface area contributed by atoms with Crippen LogP contribution in [0.5, 0.6) is 0 Å². The molecule has 1 aromatic heterocycles. The highest BCUT2D eigenvalue weighted by atomic mass is 16.1. The number of carbonyl (C=O) groups excluding carboxylic acids is 1. The van der Waals surface area contributed by atoms with E-state index in [-0.39, 0.29) is 11.7 Å². The van der Waals surface area contributed by atoms with Crippen LogP contribution < -0.4 is 4.90 Å². The van der Waals surface area contributed by atoms with Gasteiger partial charge in [-0.15, -0.1) is 0 Å². The molecule has 4 nitrogen and oxygen atoms in total. The van der Waals surface area contributed by atoms with Crippen LogP contribution in [-0.4, -0.2) is 29.7 Å². The molecule has 1 atom stereocenters. The summed E-state index contributed by atoms with van der Waals surface area (Å²) in [5, 5.41) is 4.42. The van der Waals surface area contributed by atoms with Gasteiger partial charge < -0.3 is 4.90 Å². The average molecular weight is 369 g/mol. The molecule has 2 aromatic carbocycles. The predicted octanol–water partition coefficient (Wildman–Crippen LogP) is 4.63. The van der Waals surface area contributed by atoms with E-state index < -0.39 is 0 Å². The number of carbonyl (C=O) groups is 1. The van der Waals surface area contributed by atoms with Crippen molar-refractivity contribution in [3.8, 4) is 5.69 Å². The summed E-state index contributed by atoms with van der Waals surface area (Å²) in [5.41, 5.74) is 4.85. The molecule has 28 heavy (non-hydrogen) atoms. The summed E-state index contributed by atoms with van der Waals surface area (Å²) in [7, 11) is 4.06. The van der Waals surface area contributed by atoms with Crippen LogP contribution in [-0.2, 0) is 4.79 Å². The van der Waals surface area contributed by atoms with Crippen molar-refractivity contribution in [3.63, 3.8) is 0 Å². The zero-order valence-electron chi connectivity index (χ0n) is 16.1. The minimum Gasteiger partial charge on any atom is -0.378 e. The summed E-state index contributed by atoms with van der Waals surface area (Å²) in [5.74, 6) is 0.204. The van der Waals surface area contributed by atoms with Gasteiger partial charge in [-0.05, 0) is 48.4 Å². The lowest BCUT2D eigenvalue weighted by Crippen LogP contribution is -2.08. The van der Waals surface area contributed by atoms with Crippen LogP contribution in [0.1, 0.15) is 23.6 Å². The average Bonchev–Trinajstić information content (AvgIpc) is 3.12. The second-order valence-corrected chi connectivity index (χ2v) is 7.13. The van der Waals surface area contributed by atoms with Crippen LogP contribution in [0, 0.1) is 0 Å². The zero-order valence-corrected chi connectivity index (χ0v) is 16.1. The summed E-state index contributed by atoms with van der Waals surface area (Å²) in [6.45, 7) is 0. The standard InChI is InChI=1S/C24H23N3O/c1-26(2)20-12-8-18(9-13-20)19-10-14-22(24(28)15-11-19)23-16-17-25-27(23)21-6-4-3-5-7-21/h3-9,11-17,19H,10H2,1-2H3. The van der Waals surface area contributed by atoms with Crippen molar-refractivity contribution in [2.75, 3.05) is 19.0 Å². The van der Waals surface area contributed by atoms with E-state index in [9.17, 15) is 4.79 Å². The van der Waals surface area contributed by atoms with E-state index in [4.69, 9.17) is 0 Å². The van der Waals surface area contributed by atoms with Gasteiger partial charge in [0.05, 0.1) is 17.6 Å². The van der Waals surface area contributed by atoms with E-state index in [0.29, 0.717) is 5.57 Å². The third kappa shape index (κ3) is 3.54. The van der Waals surface area contributed by atoms with Gasteiger partial charge in [0.1, 0.15) is 0 Å². The SMILES string of the molecule is CN(C)c1ccc(C2C=CC(=O)C(c3ccnn3-c3ccccc3)=CC2)cc1. The first-order valence-electron chi connectivity index (χ1n) is 9.43. The maximum atomic E-state index is 12.8. The van der Waals surface area contributed by atoms with Crippen molar-refractivity contribution in [1.82, 2.24) is 9.78 Å². The number of hydrogen-bond donors (Lipinski definition) is 0. The minimum atomic E-state index is 0.0186. The molecule has 1 heterocycles. The fourth-order valence-electron chi connectivity index (χ4n) is 3.50. The Hall–Kier alpha value is -3.40. The molecular formula is C24H23N3O. The molecule has 0 saturated heterocycles. The van der Waals surface area contributed by atoms with Crippen molar-refractivity contribution < 1.29 is 4.79 Å². The molecule has 1 unspecified atom stereocenters. The van der Waals surface area contributed by atoms with Gasteiger partial charge in [-0.2, -0.15) is 5.10 Å². The van der Waals surface area contributed by atoms with E-state index >= 15 is 0 Å². The Balaban J connectivity index is 1.64. The second kappa shape index (κ2) is 7.69.